The highest BCUT2D eigenvalue weighted by Gasteiger charge is 2.43. The van der Waals surface area contributed by atoms with Crippen molar-refractivity contribution in [3.8, 4) is 11.5 Å². The third-order valence-corrected chi connectivity index (χ3v) is 8.40. The third kappa shape index (κ3) is 8.27. The summed E-state index contributed by atoms with van der Waals surface area (Å²) in [5, 5.41) is 5.74. The van der Waals surface area contributed by atoms with E-state index in [1.807, 2.05) is 30.3 Å². The molecule has 0 aliphatic heterocycles. The fourth-order valence-electron chi connectivity index (χ4n) is 3.94. The Labute approximate surface area is 248 Å². The maximum Gasteiger partial charge on any atom is 0.457 e. The van der Waals surface area contributed by atoms with Gasteiger partial charge in [-0.1, -0.05) is 96.0 Å². The molecule has 2 unspecified atom stereocenters. The lowest BCUT2D eigenvalue weighted by Crippen LogP contribution is -2.48. The summed E-state index contributed by atoms with van der Waals surface area (Å²) in [7, 11) is -3.12. The van der Waals surface area contributed by atoms with Crippen molar-refractivity contribution in [1.29, 1.82) is 0 Å². The summed E-state index contributed by atoms with van der Waals surface area (Å²) in [5.74, 6) is -1.61. The minimum absolute atomic E-state index is 0.116. The van der Waals surface area contributed by atoms with Crippen molar-refractivity contribution in [1.82, 2.24) is 10.6 Å². The first-order chi connectivity index (χ1) is 19.8. The number of halogens is 2. The monoisotopic (exact) mass is 612 g/mol. The molecule has 0 aliphatic carbocycles. The molecule has 8 nitrogen and oxygen atoms in total. The number of hydrogen-bond acceptors (Lipinski definition) is 6. The van der Waals surface area contributed by atoms with Crippen LogP contribution >= 0.6 is 30.8 Å². The van der Waals surface area contributed by atoms with Crippen molar-refractivity contribution in [2.45, 2.75) is 18.2 Å². The second-order valence-electron chi connectivity index (χ2n) is 8.80. The smallest absolute Gasteiger partial charge is 0.457 e. The van der Waals surface area contributed by atoms with Gasteiger partial charge in [0.25, 0.3) is 0 Å². The van der Waals surface area contributed by atoms with Crippen LogP contribution in [0, 0.1) is 0 Å². The van der Waals surface area contributed by atoms with Crippen molar-refractivity contribution in [3.05, 3.63) is 130 Å². The van der Waals surface area contributed by atoms with Crippen LogP contribution in [0.3, 0.4) is 0 Å². The number of urea groups is 1. The second kappa shape index (κ2) is 14.1. The Morgan fingerprint density at radius 2 is 1.32 bits per heavy atom. The van der Waals surface area contributed by atoms with Gasteiger partial charge in [0.05, 0.1) is 7.11 Å². The maximum atomic E-state index is 14.7. The Hall–Kier alpha value is -3.97. The van der Waals surface area contributed by atoms with Crippen LogP contribution in [0.1, 0.15) is 16.9 Å². The Kier molecular flexibility index (Phi) is 10.3. The number of nitrogens with one attached hydrogen (secondary N) is 2. The van der Waals surface area contributed by atoms with E-state index in [4.69, 9.17) is 37.0 Å². The van der Waals surface area contributed by atoms with E-state index in [1.54, 1.807) is 60.7 Å². The number of para-hydroxylation sites is 2. The number of esters is 1. The summed E-state index contributed by atoms with van der Waals surface area (Å²) in [4.78, 5) is 26.0. The first-order valence-electron chi connectivity index (χ1n) is 12.5. The number of carbonyl (C=O) groups is 2. The van der Waals surface area contributed by atoms with Gasteiger partial charge in [-0.2, -0.15) is 0 Å². The summed E-state index contributed by atoms with van der Waals surface area (Å²) in [6.45, 7) is 0. The van der Waals surface area contributed by atoms with Crippen molar-refractivity contribution in [2.24, 2.45) is 0 Å². The van der Waals surface area contributed by atoms with Crippen LogP contribution in [0.5, 0.6) is 11.5 Å². The summed E-state index contributed by atoms with van der Waals surface area (Å²) in [6.07, 6.45) is 0.159. The van der Waals surface area contributed by atoms with Crippen molar-refractivity contribution in [3.63, 3.8) is 0 Å². The van der Waals surface area contributed by atoms with Crippen LogP contribution < -0.4 is 19.7 Å². The first kappa shape index (κ1) is 30.0. The number of ether oxygens (including phenoxy) is 1. The number of methoxy groups -OCH3 is 1. The SMILES string of the molecule is COC(=O)C(Cc1ccccc1)NC(=O)NC(c1ccc(Cl)cc1Cl)P(=O)(Oc1ccccc1)Oc1ccccc1. The normalized spacial score (nSPS) is 12.5. The van der Waals surface area contributed by atoms with Gasteiger partial charge in [-0.3, -0.25) is 0 Å². The van der Waals surface area contributed by atoms with Gasteiger partial charge in [0.1, 0.15) is 17.5 Å². The average molecular weight is 613 g/mol. The summed E-state index contributed by atoms with van der Waals surface area (Å²) < 4.78 is 31.6. The molecule has 0 bridgehead atoms. The molecular weight excluding hydrogens is 586 g/mol. The van der Waals surface area contributed by atoms with Crippen molar-refractivity contribution >= 4 is 42.8 Å². The highest BCUT2D eigenvalue weighted by molar-refractivity contribution is 7.55. The fourth-order valence-corrected chi connectivity index (χ4v) is 6.45. The van der Waals surface area contributed by atoms with E-state index < -0.39 is 31.4 Å². The third-order valence-electron chi connectivity index (χ3n) is 5.87. The average Bonchev–Trinajstić information content (AvgIpc) is 2.97. The number of carbonyl (C=O) groups excluding carboxylic acids is 2. The molecule has 2 atom stereocenters. The minimum Gasteiger partial charge on any atom is -0.467 e. The molecule has 0 saturated heterocycles. The Morgan fingerprint density at radius 3 is 1.83 bits per heavy atom. The highest BCUT2D eigenvalue weighted by atomic mass is 35.5. The molecule has 2 N–H and O–H groups in total. The Morgan fingerprint density at radius 1 is 0.780 bits per heavy atom. The summed E-state index contributed by atoms with van der Waals surface area (Å²) in [6, 6.07) is 28.5. The van der Waals surface area contributed by atoms with Crippen LogP contribution in [0.15, 0.2) is 109 Å². The van der Waals surface area contributed by atoms with Crippen molar-refractivity contribution < 1.29 is 27.9 Å². The Bertz CT molecular complexity index is 1460. The molecule has 0 spiro atoms. The van der Waals surface area contributed by atoms with Gasteiger partial charge in [0.15, 0.2) is 5.78 Å². The van der Waals surface area contributed by atoms with Gasteiger partial charge in [0.2, 0.25) is 0 Å². The number of amides is 2. The number of benzene rings is 4. The molecule has 0 aliphatic rings. The molecular formula is C30H27Cl2N2O6P. The van der Waals surface area contributed by atoms with E-state index >= 15 is 0 Å². The molecule has 11 heteroatoms. The molecule has 0 saturated carbocycles. The molecule has 4 rings (SSSR count). The van der Waals surface area contributed by atoms with E-state index in [2.05, 4.69) is 10.6 Å². The molecule has 0 fully saturated rings. The lowest BCUT2D eigenvalue weighted by molar-refractivity contribution is -0.142. The first-order valence-corrected chi connectivity index (χ1v) is 14.9. The number of rotatable bonds is 11. The van der Waals surface area contributed by atoms with Gasteiger partial charge in [-0.15, -0.1) is 0 Å². The topological polar surface area (TPSA) is 103 Å². The maximum absolute atomic E-state index is 14.7. The van der Waals surface area contributed by atoms with E-state index in [0.717, 1.165) is 5.56 Å². The zero-order chi connectivity index (χ0) is 29.2. The molecule has 4 aromatic carbocycles. The molecule has 41 heavy (non-hydrogen) atoms. The van der Waals surface area contributed by atoms with Crippen molar-refractivity contribution in [2.75, 3.05) is 7.11 Å². The molecule has 2 amide bonds. The quantitative estimate of drug-likeness (QED) is 0.135. The summed E-state index contributed by atoms with van der Waals surface area (Å²) >= 11 is 12.7. The van der Waals surface area contributed by atoms with Crippen LogP contribution in [0.25, 0.3) is 0 Å². The molecule has 212 valence electrons. The lowest BCUT2D eigenvalue weighted by Gasteiger charge is -2.29. The molecule has 0 aromatic heterocycles. The van der Waals surface area contributed by atoms with Gasteiger partial charge in [-0.05, 0) is 42.0 Å². The highest BCUT2D eigenvalue weighted by Crippen LogP contribution is 2.59. The van der Waals surface area contributed by atoms with E-state index in [9.17, 15) is 14.2 Å². The molecule has 4 aromatic rings. The van der Waals surface area contributed by atoms with Gasteiger partial charge in [0, 0.05) is 22.0 Å². The van der Waals surface area contributed by atoms with E-state index in [1.165, 1.54) is 25.3 Å². The van der Waals surface area contributed by atoms with Crippen LogP contribution in [-0.4, -0.2) is 25.2 Å². The largest absolute Gasteiger partial charge is 0.467 e. The van der Waals surface area contributed by atoms with E-state index in [0.29, 0.717) is 5.02 Å². The molecule has 0 radical (unpaired) electrons. The second-order valence-corrected chi connectivity index (χ2v) is 11.6. The molecule has 0 heterocycles. The van der Waals surface area contributed by atoms with Crippen LogP contribution in [0.4, 0.5) is 4.79 Å². The fraction of sp³-hybridized carbons (Fsp3) is 0.133. The minimum atomic E-state index is -4.35. The van der Waals surface area contributed by atoms with Crippen LogP contribution in [-0.2, 0) is 20.5 Å². The van der Waals surface area contributed by atoms with Gasteiger partial charge >= 0.3 is 19.6 Å². The predicted molar refractivity (Wildman–Crippen MR) is 159 cm³/mol. The number of hydrogen-bond donors (Lipinski definition) is 2. The van der Waals surface area contributed by atoms with Gasteiger partial charge in [-0.25, -0.2) is 14.2 Å². The zero-order valence-electron chi connectivity index (χ0n) is 21.9. The predicted octanol–water partition coefficient (Wildman–Crippen LogP) is 7.43. The summed E-state index contributed by atoms with van der Waals surface area (Å²) in [5.41, 5.74) is 1.02. The zero-order valence-corrected chi connectivity index (χ0v) is 24.3. The van der Waals surface area contributed by atoms with E-state index in [-0.39, 0.29) is 28.5 Å². The van der Waals surface area contributed by atoms with Gasteiger partial charge < -0.3 is 24.4 Å². The van der Waals surface area contributed by atoms with Crippen LogP contribution in [0.2, 0.25) is 10.0 Å². The standard InChI is InChI=1S/C30H27Cl2N2O6P/c1-38-29(35)27(19-21-11-5-2-6-12-21)33-30(36)34-28(25-18-17-22(31)20-26(25)32)41(37,39-23-13-7-3-8-14-23)40-24-15-9-4-10-16-24/h2-18,20,27-28H,19H2,1H3,(H2,33,34,36). The Balaban J connectivity index is 1.72. The lowest BCUT2D eigenvalue weighted by atomic mass is 10.1.